The third-order valence-corrected chi connectivity index (χ3v) is 2.65. The Morgan fingerprint density at radius 2 is 2.13 bits per heavy atom. The van der Waals surface area contributed by atoms with Crippen LogP contribution in [0.25, 0.3) is 0 Å². The minimum Gasteiger partial charge on any atom is -0.341 e. The van der Waals surface area contributed by atoms with Crippen LogP contribution in [0, 0.1) is 5.41 Å². The molecule has 1 fully saturated rings. The standard InChI is InChI=1S/C12H24N2O/c1-10(13-9-12(2,3)4)8-14-7-5-6-11(14)15/h10,13H,5-9H2,1-4H3/t10-/m1/s1. The van der Waals surface area contributed by atoms with Crippen molar-refractivity contribution in [1.29, 1.82) is 0 Å². The monoisotopic (exact) mass is 212 g/mol. The number of nitrogens with zero attached hydrogens (tertiary/aromatic N) is 1. The predicted octanol–water partition coefficient (Wildman–Crippen LogP) is 1.63. The molecule has 3 nitrogen and oxygen atoms in total. The lowest BCUT2D eigenvalue weighted by molar-refractivity contribution is -0.127. The molecule has 1 N–H and O–H groups in total. The molecule has 0 bridgehead atoms. The average Bonchev–Trinajstić information content (AvgIpc) is 2.47. The maximum Gasteiger partial charge on any atom is 0.222 e. The first kappa shape index (κ1) is 12.5. The zero-order valence-corrected chi connectivity index (χ0v) is 10.5. The quantitative estimate of drug-likeness (QED) is 0.768. The fraction of sp³-hybridized carbons (Fsp3) is 0.917. The summed E-state index contributed by atoms with van der Waals surface area (Å²) in [7, 11) is 0. The van der Waals surface area contributed by atoms with Crippen LogP contribution in [0.15, 0.2) is 0 Å². The summed E-state index contributed by atoms with van der Waals surface area (Å²) in [6.45, 7) is 11.6. The average molecular weight is 212 g/mol. The molecule has 0 radical (unpaired) electrons. The maximum atomic E-state index is 11.4. The number of nitrogens with one attached hydrogen (secondary N) is 1. The van der Waals surface area contributed by atoms with E-state index in [1.807, 2.05) is 4.90 Å². The first-order valence-corrected chi connectivity index (χ1v) is 5.90. The molecule has 1 amide bonds. The molecule has 0 aromatic heterocycles. The minimum absolute atomic E-state index is 0.309. The Morgan fingerprint density at radius 3 is 2.60 bits per heavy atom. The van der Waals surface area contributed by atoms with Crippen molar-refractivity contribution in [2.75, 3.05) is 19.6 Å². The zero-order valence-electron chi connectivity index (χ0n) is 10.5. The zero-order chi connectivity index (χ0) is 11.5. The molecule has 0 spiro atoms. The van der Waals surface area contributed by atoms with Gasteiger partial charge in [0.05, 0.1) is 0 Å². The van der Waals surface area contributed by atoms with Crippen LogP contribution >= 0.6 is 0 Å². The number of hydrogen-bond donors (Lipinski definition) is 1. The van der Waals surface area contributed by atoms with E-state index in [2.05, 4.69) is 33.0 Å². The number of likely N-dealkylation sites (tertiary alicyclic amines) is 1. The van der Waals surface area contributed by atoms with E-state index in [1.54, 1.807) is 0 Å². The second kappa shape index (κ2) is 4.97. The minimum atomic E-state index is 0.309. The Kier molecular flexibility index (Phi) is 4.14. The number of amides is 1. The summed E-state index contributed by atoms with van der Waals surface area (Å²) in [5, 5.41) is 3.48. The normalized spacial score (nSPS) is 19.7. The molecular weight excluding hydrogens is 188 g/mol. The Morgan fingerprint density at radius 1 is 1.47 bits per heavy atom. The van der Waals surface area contributed by atoms with Gasteiger partial charge in [0.2, 0.25) is 5.91 Å². The predicted molar refractivity (Wildman–Crippen MR) is 62.7 cm³/mol. The smallest absolute Gasteiger partial charge is 0.222 e. The number of hydrogen-bond acceptors (Lipinski definition) is 2. The van der Waals surface area contributed by atoms with Gasteiger partial charge >= 0.3 is 0 Å². The van der Waals surface area contributed by atoms with Crippen LogP contribution in [0.4, 0.5) is 0 Å². The fourth-order valence-electron chi connectivity index (χ4n) is 1.77. The van der Waals surface area contributed by atoms with Gasteiger partial charge in [0.15, 0.2) is 0 Å². The molecule has 1 rings (SSSR count). The lowest BCUT2D eigenvalue weighted by Crippen LogP contribution is -2.42. The van der Waals surface area contributed by atoms with Gasteiger partial charge in [-0.25, -0.2) is 0 Å². The van der Waals surface area contributed by atoms with Crippen molar-refractivity contribution in [2.24, 2.45) is 5.41 Å². The first-order chi connectivity index (χ1) is 6.88. The van der Waals surface area contributed by atoms with Crippen LogP contribution in [0.5, 0.6) is 0 Å². The third-order valence-electron chi connectivity index (χ3n) is 2.65. The van der Waals surface area contributed by atoms with E-state index in [0.29, 0.717) is 17.4 Å². The lowest BCUT2D eigenvalue weighted by Gasteiger charge is -2.26. The van der Waals surface area contributed by atoms with Crippen LogP contribution < -0.4 is 5.32 Å². The molecule has 1 aliphatic rings. The van der Waals surface area contributed by atoms with E-state index in [4.69, 9.17) is 0 Å². The molecule has 1 heterocycles. The SMILES string of the molecule is C[C@H](CN1CCCC1=O)NCC(C)(C)C. The van der Waals surface area contributed by atoms with Crippen molar-refractivity contribution in [3.8, 4) is 0 Å². The Bertz CT molecular complexity index is 220. The van der Waals surface area contributed by atoms with Gasteiger partial charge in [0.25, 0.3) is 0 Å². The number of carbonyl (C=O) groups excluding carboxylic acids is 1. The van der Waals surface area contributed by atoms with Crippen LogP contribution in [0.2, 0.25) is 0 Å². The molecule has 0 unspecified atom stereocenters. The van der Waals surface area contributed by atoms with Crippen LogP contribution in [0.3, 0.4) is 0 Å². The molecule has 0 aromatic rings. The Hall–Kier alpha value is -0.570. The van der Waals surface area contributed by atoms with E-state index in [9.17, 15) is 4.79 Å². The van der Waals surface area contributed by atoms with Gasteiger partial charge in [-0.3, -0.25) is 4.79 Å². The highest BCUT2D eigenvalue weighted by molar-refractivity contribution is 5.78. The largest absolute Gasteiger partial charge is 0.341 e. The molecular formula is C12H24N2O. The van der Waals surface area contributed by atoms with Crippen molar-refractivity contribution >= 4 is 5.91 Å². The maximum absolute atomic E-state index is 11.4. The molecule has 0 saturated carbocycles. The first-order valence-electron chi connectivity index (χ1n) is 5.90. The molecule has 1 aliphatic heterocycles. The molecule has 15 heavy (non-hydrogen) atoms. The van der Waals surface area contributed by atoms with E-state index < -0.39 is 0 Å². The fourth-order valence-corrected chi connectivity index (χ4v) is 1.77. The van der Waals surface area contributed by atoms with Gasteiger partial charge in [-0.1, -0.05) is 20.8 Å². The summed E-state index contributed by atoms with van der Waals surface area (Å²) >= 11 is 0. The highest BCUT2D eigenvalue weighted by Gasteiger charge is 2.22. The van der Waals surface area contributed by atoms with Crippen LogP contribution in [-0.4, -0.2) is 36.5 Å². The van der Waals surface area contributed by atoms with Gasteiger partial charge in [-0.15, -0.1) is 0 Å². The summed E-state index contributed by atoms with van der Waals surface area (Å²) < 4.78 is 0. The summed E-state index contributed by atoms with van der Waals surface area (Å²) in [5.74, 6) is 0.319. The van der Waals surface area contributed by atoms with Crippen LogP contribution in [-0.2, 0) is 4.79 Å². The van der Waals surface area contributed by atoms with Crippen molar-refractivity contribution < 1.29 is 4.79 Å². The molecule has 1 atom stereocenters. The van der Waals surface area contributed by atoms with Gasteiger partial charge in [-0.05, 0) is 18.8 Å². The summed E-state index contributed by atoms with van der Waals surface area (Å²) in [6, 6.07) is 0.395. The second-order valence-electron chi connectivity index (χ2n) is 5.79. The third kappa shape index (κ3) is 4.65. The van der Waals surface area contributed by atoms with Crippen molar-refractivity contribution in [1.82, 2.24) is 10.2 Å². The van der Waals surface area contributed by atoms with E-state index >= 15 is 0 Å². The van der Waals surface area contributed by atoms with Gasteiger partial charge < -0.3 is 10.2 Å². The number of carbonyl (C=O) groups is 1. The summed E-state index contributed by atoms with van der Waals surface area (Å²) in [5.41, 5.74) is 0.309. The Balaban J connectivity index is 2.23. The summed E-state index contributed by atoms with van der Waals surface area (Å²) in [6.07, 6.45) is 1.77. The molecule has 3 heteroatoms. The van der Waals surface area contributed by atoms with E-state index in [0.717, 1.165) is 32.5 Å². The summed E-state index contributed by atoms with van der Waals surface area (Å²) in [4.78, 5) is 13.4. The van der Waals surface area contributed by atoms with Gasteiger partial charge in [0, 0.05) is 32.1 Å². The molecule has 1 saturated heterocycles. The second-order valence-corrected chi connectivity index (χ2v) is 5.79. The van der Waals surface area contributed by atoms with Crippen LogP contribution in [0.1, 0.15) is 40.5 Å². The highest BCUT2D eigenvalue weighted by Crippen LogP contribution is 2.12. The van der Waals surface area contributed by atoms with E-state index in [1.165, 1.54) is 0 Å². The Labute approximate surface area is 93.2 Å². The van der Waals surface area contributed by atoms with Gasteiger partial charge in [0.1, 0.15) is 0 Å². The molecule has 88 valence electrons. The number of rotatable bonds is 4. The lowest BCUT2D eigenvalue weighted by atomic mass is 9.96. The molecule has 0 aromatic carbocycles. The van der Waals surface area contributed by atoms with Crippen molar-refractivity contribution in [2.45, 2.75) is 46.6 Å². The van der Waals surface area contributed by atoms with E-state index in [-0.39, 0.29) is 0 Å². The van der Waals surface area contributed by atoms with Crippen molar-refractivity contribution in [3.63, 3.8) is 0 Å². The highest BCUT2D eigenvalue weighted by atomic mass is 16.2. The topological polar surface area (TPSA) is 32.3 Å². The molecule has 0 aliphatic carbocycles. The van der Waals surface area contributed by atoms with Gasteiger partial charge in [-0.2, -0.15) is 0 Å². The van der Waals surface area contributed by atoms with Crippen molar-refractivity contribution in [3.05, 3.63) is 0 Å².